The van der Waals surface area contributed by atoms with Gasteiger partial charge in [-0.05, 0) is 19.4 Å². The van der Waals surface area contributed by atoms with Crippen molar-refractivity contribution in [2.75, 3.05) is 46.5 Å². The van der Waals surface area contributed by atoms with Gasteiger partial charge in [0.25, 0.3) is 0 Å². The van der Waals surface area contributed by atoms with Crippen molar-refractivity contribution in [2.45, 2.75) is 25.0 Å². The first kappa shape index (κ1) is 11.3. The highest BCUT2D eigenvalue weighted by molar-refractivity contribution is 4.78. The first-order chi connectivity index (χ1) is 7.38. The Morgan fingerprint density at radius 3 is 3.13 bits per heavy atom. The molecule has 2 rings (SSSR count). The third-order valence-corrected chi connectivity index (χ3v) is 3.35. The lowest BCUT2D eigenvalue weighted by Gasteiger charge is -2.25. The van der Waals surface area contributed by atoms with Crippen molar-refractivity contribution < 1.29 is 9.47 Å². The van der Waals surface area contributed by atoms with E-state index in [0.717, 1.165) is 26.3 Å². The molecular formula is C11H22N2O2. The summed E-state index contributed by atoms with van der Waals surface area (Å²) >= 11 is 0. The summed E-state index contributed by atoms with van der Waals surface area (Å²) in [5, 5.41) is 3.49. The van der Waals surface area contributed by atoms with Crippen LogP contribution in [0.5, 0.6) is 0 Å². The Hall–Kier alpha value is -0.160. The summed E-state index contributed by atoms with van der Waals surface area (Å²) in [6.07, 6.45) is 2.84. The average molecular weight is 214 g/mol. The molecule has 0 aromatic carbocycles. The number of methoxy groups -OCH3 is 1. The van der Waals surface area contributed by atoms with Gasteiger partial charge in [-0.1, -0.05) is 0 Å². The van der Waals surface area contributed by atoms with Crippen LogP contribution in [0.15, 0.2) is 0 Å². The van der Waals surface area contributed by atoms with E-state index in [4.69, 9.17) is 9.47 Å². The Morgan fingerprint density at radius 2 is 2.47 bits per heavy atom. The van der Waals surface area contributed by atoms with Gasteiger partial charge in [-0.3, -0.25) is 0 Å². The fraction of sp³-hybridized carbons (Fsp3) is 1.00. The quantitative estimate of drug-likeness (QED) is 0.719. The SMILES string of the molecule is COC1CCN(CCC2COCCN2)C1. The molecule has 2 heterocycles. The average Bonchev–Trinajstić information content (AvgIpc) is 2.76. The van der Waals surface area contributed by atoms with Gasteiger partial charge in [0.15, 0.2) is 0 Å². The molecule has 4 nitrogen and oxygen atoms in total. The largest absolute Gasteiger partial charge is 0.380 e. The van der Waals surface area contributed by atoms with Crippen LogP contribution in [0.3, 0.4) is 0 Å². The maximum Gasteiger partial charge on any atom is 0.0710 e. The highest BCUT2D eigenvalue weighted by atomic mass is 16.5. The fourth-order valence-electron chi connectivity index (χ4n) is 2.34. The fourth-order valence-corrected chi connectivity index (χ4v) is 2.34. The van der Waals surface area contributed by atoms with Gasteiger partial charge in [-0.25, -0.2) is 0 Å². The van der Waals surface area contributed by atoms with Crippen molar-refractivity contribution in [3.05, 3.63) is 0 Å². The molecule has 2 aliphatic heterocycles. The molecule has 2 aliphatic rings. The molecule has 0 bridgehead atoms. The number of rotatable bonds is 4. The maximum absolute atomic E-state index is 5.43. The lowest BCUT2D eigenvalue weighted by molar-refractivity contribution is 0.0691. The Bertz CT molecular complexity index is 183. The molecule has 0 aromatic heterocycles. The van der Waals surface area contributed by atoms with Crippen LogP contribution in [0.2, 0.25) is 0 Å². The molecule has 2 fully saturated rings. The van der Waals surface area contributed by atoms with E-state index in [2.05, 4.69) is 10.2 Å². The van der Waals surface area contributed by atoms with Gasteiger partial charge in [0.2, 0.25) is 0 Å². The first-order valence-corrected chi connectivity index (χ1v) is 5.95. The van der Waals surface area contributed by atoms with Crippen LogP contribution in [0.4, 0.5) is 0 Å². The Balaban J connectivity index is 1.61. The van der Waals surface area contributed by atoms with Crippen molar-refractivity contribution in [2.24, 2.45) is 0 Å². The van der Waals surface area contributed by atoms with Gasteiger partial charge < -0.3 is 19.7 Å². The van der Waals surface area contributed by atoms with E-state index in [0.29, 0.717) is 12.1 Å². The molecule has 0 radical (unpaired) electrons. The number of hydrogen-bond donors (Lipinski definition) is 1. The predicted molar refractivity (Wildman–Crippen MR) is 59.1 cm³/mol. The van der Waals surface area contributed by atoms with E-state index in [1.165, 1.54) is 25.9 Å². The Morgan fingerprint density at radius 1 is 1.53 bits per heavy atom. The molecule has 4 heteroatoms. The highest BCUT2D eigenvalue weighted by Gasteiger charge is 2.22. The zero-order chi connectivity index (χ0) is 10.5. The van der Waals surface area contributed by atoms with Crippen molar-refractivity contribution >= 4 is 0 Å². The van der Waals surface area contributed by atoms with Gasteiger partial charge in [0.1, 0.15) is 0 Å². The summed E-state index contributed by atoms with van der Waals surface area (Å²) in [5.74, 6) is 0. The summed E-state index contributed by atoms with van der Waals surface area (Å²) in [4.78, 5) is 2.49. The van der Waals surface area contributed by atoms with Crippen LogP contribution in [0, 0.1) is 0 Å². The minimum absolute atomic E-state index is 0.459. The molecule has 0 spiro atoms. The van der Waals surface area contributed by atoms with Crippen molar-refractivity contribution in [3.8, 4) is 0 Å². The maximum atomic E-state index is 5.43. The standard InChI is InChI=1S/C11H22N2O2/c1-14-11-3-6-13(8-11)5-2-10-9-15-7-4-12-10/h10-12H,2-9H2,1H3. The van der Waals surface area contributed by atoms with Crippen LogP contribution >= 0.6 is 0 Å². The normalized spacial score (nSPS) is 33.4. The minimum Gasteiger partial charge on any atom is -0.380 e. The second kappa shape index (κ2) is 5.80. The summed E-state index contributed by atoms with van der Waals surface area (Å²) in [7, 11) is 1.81. The molecule has 0 saturated carbocycles. The number of nitrogens with zero attached hydrogens (tertiary/aromatic N) is 1. The summed E-state index contributed by atoms with van der Waals surface area (Å²) in [5.41, 5.74) is 0. The predicted octanol–water partition coefficient (Wildman–Crippen LogP) is 0.0856. The van der Waals surface area contributed by atoms with E-state index >= 15 is 0 Å². The zero-order valence-electron chi connectivity index (χ0n) is 9.58. The number of likely N-dealkylation sites (tertiary alicyclic amines) is 1. The van der Waals surface area contributed by atoms with E-state index < -0.39 is 0 Å². The van der Waals surface area contributed by atoms with Crippen LogP contribution in [-0.2, 0) is 9.47 Å². The van der Waals surface area contributed by atoms with Crippen molar-refractivity contribution in [3.63, 3.8) is 0 Å². The molecule has 0 aliphatic carbocycles. The highest BCUT2D eigenvalue weighted by Crippen LogP contribution is 2.12. The molecule has 2 saturated heterocycles. The van der Waals surface area contributed by atoms with Gasteiger partial charge in [-0.15, -0.1) is 0 Å². The Labute approximate surface area is 91.9 Å². The van der Waals surface area contributed by atoms with Crippen LogP contribution in [0.25, 0.3) is 0 Å². The summed E-state index contributed by atoms with van der Waals surface area (Å²) in [6.45, 7) is 6.20. The molecule has 0 amide bonds. The monoisotopic (exact) mass is 214 g/mol. The molecule has 15 heavy (non-hydrogen) atoms. The van der Waals surface area contributed by atoms with Crippen LogP contribution < -0.4 is 5.32 Å². The second-order valence-electron chi connectivity index (χ2n) is 4.46. The lowest BCUT2D eigenvalue weighted by Crippen LogP contribution is -2.43. The van der Waals surface area contributed by atoms with Gasteiger partial charge in [0, 0.05) is 32.8 Å². The molecule has 1 N–H and O–H groups in total. The zero-order valence-corrected chi connectivity index (χ0v) is 9.58. The van der Waals surface area contributed by atoms with E-state index in [9.17, 15) is 0 Å². The lowest BCUT2D eigenvalue weighted by atomic mass is 10.2. The Kier molecular flexibility index (Phi) is 4.38. The molecular weight excluding hydrogens is 192 g/mol. The summed E-state index contributed by atoms with van der Waals surface area (Å²) in [6, 6.07) is 0.556. The van der Waals surface area contributed by atoms with Crippen LogP contribution in [0.1, 0.15) is 12.8 Å². The van der Waals surface area contributed by atoms with Crippen molar-refractivity contribution in [1.29, 1.82) is 0 Å². The van der Waals surface area contributed by atoms with Gasteiger partial charge >= 0.3 is 0 Å². The van der Waals surface area contributed by atoms with E-state index in [1.54, 1.807) is 0 Å². The third-order valence-electron chi connectivity index (χ3n) is 3.35. The molecule has 88 valence electrons. The third kappa shape index (κ3) is 3.41. The molecule has 0 aromatic rings. The molecule has 2 unspecified atom stereocenters. The smallest absolute Gasteiger partial charge is 0.0710 e. The van der Waals surface area contributed by atoms with E-state index in [1.807, 2.05) is 7.11 Å². The van der Waals surface area contributed by atoms with Gasteiger partial charge in [-0.2, -0.15) is 0 Å². The van der Waals surface area contributed by atoms with Crippen molar-refractivity contribution in [1.82, 2.24) is 10.2 Å². The topological polar surface area (TPSA) is 33.7 Å². The number of nitrogens with one attached hydrogen (secondary N) is 1. The second-order valence-corrected chi connectivity index (χ2v) is 4.46. The number of morpholine rings is 1. The number of hydrogen-bond acceptors (Lipinski definition) is 4. The minimum atomic E-state index is 0.459. The first-order valence-electron chi connectivity index (χ1n) is 5.95. The summed E-state index contributed by atoms with van der Waals surface area (Å²) < 4.78 is 10.8. The van der Waals surface area contributed by atoms with Crippen LogP contribution in [-0.4, -0.2) is 63.5 Å². The molecule has 2 atom stereocenters. The number of ether oxygens (including phenoxy) is 2. The van der Waals surface area contributed by atoms with Gasteiger partial charge in [0.05, 0.1) is 19.3 Å². The van der Waals surface area contributed by atoms with E-state index in [-0.39, 0.29) is 0 Å².